The number of hydrogen-bond acceptors (Lipinski definition) is 1. The van der Waals surface area contributed by atoms with Gasteiger partial charge in [0.2, 0.25) is 0 Å². The van der Waals surface area contributed by atoms with Crippen LogP contribution in [0.4, 0.5) is 0 Å². The average Bonchev–Trinajstić information content (AvgIpc) is 2.44. The van der Waals surface area contributed by atoms with Gasteiger partial charge in [-0.05, 0) is 35.7 Å². The molecule has 4 heteroatoms. The van der Waals surface area contributed by atoms with Crippen LogP contribution in [0.25, 0.3) is 0 Å². The lowest BCUT2D eigenvalue weighted by Gasteiger charge is -2.28. The normalized spacial score (nSPS) is 14.1. The van der Waals surface area contributed by atoms with Crippen LogP contribution in [-0.4, -0.2) is 5.11 Å². The first-order chi connectivity index (χ1) is 9.46. The molecule has 2 aromatic carbocycles. The molecule has 0 bridgehead atoms. The third-order valence-corrected chi connectivity index (χ3v) is 4.81. The summed E-state index contributed by atoms with van der Waals surface area (Å²) in [5.41, 5.74) is 0.756. The first kappa shape index (κ1) is 15.8. The number of aliphatic hydroxyl groups is 1. The summed E-state index contributed by atoms with van der Waals surface area (Å²) in [5.74, 6) is 0. The van der Waals surface area contributed by atoms with Crippen molar-refractivity contribution in [3.8, 4) is 0 Å². The Morgan fingerprint density at radius 2 is 1.85 bits per heavy atom. The SMILES string of the molecule is CCC(O)(Cc1cccc(Cl)c1Cl)c1cccc(Br)c1. The minimum atomic E-state index is -0.960. The van der Waals surface area contributed by atoms with E-state index in [1.165, 1.54) is 0 Å². The summed E-state index contributed by atoms with van der Waals surface area (Å²) >= 11 is 15.7. The van der Waals surface area contributed by atoms with Crippen LogP contribution in [0.15, 0.2) is 46.9 Å². The van der Waals surface area contributed by atoms with E-state index in [1.807, 2.05) is 43.3 Å². The van der Waals surface area contributed by atoms with Crippen molar-refractivity contribution in [2.45, 2.75) is 25.4 Å². The molecular weight excluding hydrogens is 359 g/mol. The molecule has 1 N–H and O–H groups in total. The molecule has 0 radical (unpaired) electrons. The molecule has 0 heterocycles. The van der Waals surface area contributed by atoms with Crippen LogP contribution >= 0.6 is 39.1 Å². The van der Waals surface area contributed by atoms with Crippen molar-refractivity contribution in [2.75, 3.05) is 0 Å². The Bertz CT molecular complexity index is 615. The molecule has 1 atom stereocenters. The van der Waals surface area contributed by atoms with E-state index in [1.54, 1.807) is 6.07 Å². The van der Waals surface area contributed by atoms with Gasteiger partial charge in [0.25, 0.3) is 0 Å². The predicted molar refractivity (Wildman–Crippen MR) is 88.5 cm³/mol. The fourth-order valence-electron chi connectivity index (χ4n) is 2.21. The molecule has 1 unspecified atom stereocenters. The molecule has 0 aliphatic heterocycles. The minimum Gasteiger partial charge on any atom is -0.385 e. The van der Waals surface area contributed by atoms with E-state index in [2.05, 4.69) is 15.9 Å². The molecule has 0 fully saturated rings. The fraction of sp³-hybridized carbons (Fsp3) is 0.250. The fourth-order valence-corrected chi connectivity index (χ4v) is 3.00. The van der Waals surface area contributed by atoms with Gasteiger partial charge in [-0.2, -0.15) is 0 Å². The Balaban J connectivity index is 2.39. The molecule has 0 saturated heterocycles. The van der Waals surface area contributed by atoms with Crippen molar-refractivity contribution in [3.63, 3.8) is 0 Å². The number of benzene rings is 2. The summed E-state index contributed by atoms with van der Waals surface area (Å²) in [6.45, 7) is 1.96. The van der Waals surface area contributed by atoms with Gasteiger partial charge >= 0.3 is 0 Å². The third-order valence-electron chi connectivity index (χ3n) is 3.46. The van der Waals surface area contributed by atoms with E-state index in [0.717, 1.165) is 15.6 Å². The maximum atomic E-state index is 11.0. The number of hydrogen-bond donors (Lipinski definition) is 1. The van der Waals surface area contributed by atoms with E-state index < -0.39 is 5.60 Å². The van der Waals surface area contributed by atoms with Crippen LogP contribution in [-0.2, 0) is 12.0 Å². The van der Waals surface area contributed by atoms with Gasteiger partial charge in [0.1, 0.15) is 0 Å². The van der Waals surface area contributed by atoms with E-state index in [0.29, 0.717) is 22.9 Å². The highest BCUT2D eigenvalue weighted by molar-refractivity contribution is 9.10. The number of rotatable bonds is 4. The monoisotopic (exact) mass is 372 g/mol. The van der Waals surface area contributed by atoms with E-state index >= 15 is 0 Å². The highest BCUT2D eigenvalue weighted by atomic mass is 79.9. The second kappa shape index (κ2) is 6.48. The summed E-state index contributed by atoms with van der Waals surface area (Å²) in [6.07, 6.45) is 1.02. The molecule has 20 heavy (non-hydrogen) atoms. The van der Waals surface area contributed by atoms with Gasteiger partial charge in [0.05, 0.1) is 15.6 Å². The first-order valence-corrected chi connectivity index (χ1v) is 7.92. The van der Waals surface area contributed by atoms with Crippen LogP contribution < -0.4 is 0 Å². The lowest BCUT2D eigenvalue weighted by atomic mass is 9.85. The zero-order valence-corrected chi connectivity index (χ0v) is 14.1. The topological polar surface area (TPSA) is 20.2 Å². The second-order valence-electron chi connectivity index (χ2n) is 4.79. The molecule has 0 spiro atoms. The van der Waals surface area contributed by atoms with Crippen molar-refractivity contribution in [2.24, 2.45) is 0 Å². The zero-order valence-electron chi connectivity index (χ0n) is 11.0. The molecule has 1 nitrogen and oxygen atoms in total. The summed E-state index contributed by atoms with van der Waals surface area (Å²) < 4.78 is 0.944. The lowest BCUT2D eigenvalue weighted by molar-refractivity contribution is 0.0327. The third kappa shape index (κ3) is 3.37. The van der Waals surface area contributed by atoms with Gasteiger partial charge in [-0.25, -0.2) is 0 Å². The molecule has 106 valence electrons. The minimum absolute atomic E-state index is 0.430. The Morgan fingerprint density at radius 1 is 1.15 bits per heavy atom. The predicted octanol–water partition coefficient (Wildman–Crippen LogP) is 5.60. The average molecular weight is 374 g/mol. The second-order valence-corrected chi connectivity index (χ2v) is 6.49. The van der Waals surface area contributed by atoms with Gasteiger partial charge in [-0.3, -0.25) is 0 Å². The van der Waals surface area contributed by atoms with Gasteiger partial charge in [-0.1, -0.05) is 70.3 Å². The van der Waals surface area contributed by atoms with Crippen molar-refractivity contribution >= 4 is 39.1 Å². The quantitative estimate of drug-likeness (QED) is 0.739. The molecule has 0 amide bonds. The Morgan fingerprint density at radius 3 is 2.50 bits per heavy atom. The maximum Gasteiger partial charge on any atom is 0.0935 e. The van der Waals surface area contributed by atoms with E-state index in [9.17, 15) is 5.11 Å². The molecule has 0 aromatic heterocycles. The molecular formula is C16H15BrCl2O. The zero-order chi connectivity index (χ0) is 14.8. The smallest absolute Gasteiger partial charge is 0.0935 e. The van der Waals surface area contributed by atoms with Crippen LogP contribution in [0, 0.1) is 0 Å². The highest BCUT2D eigenvalue weighted by Crippen LogP contribution is 2.35. The van der Waals surface area contributed by atoms with E-state index in [4.69, 9.17) is 23.2 Å². The summed E-state index contributed by atoms with van der Waals surface area (Å²) in [4.78, 5) is 0. The molecule has 0 aliphatic carbocycles. The summed E-state index contributed by atoms with van der Waals surface area (Å²) in [5, 5.41) is 12.0. The Hall–Kier alpha value is -0.540. The Labute approximate surface area is 137 Å². The van der Waals surface area contributed by atoms with Crippen LogP contribution in [0.5, 0.6) is 0 Å². The van der Waals surface area contributed by atoms with Crippen LogP contribution in [0.3, 0.4) is 0 Å². The van der Waals surface area contributed by atoms with Crippen molar-refractivity contribution < 1.29 is 5.11 Å². The summed E-state index contributed by atoms with van der Waals surface area (Å²) in [6, 6.07) is 13.2. The largest absolute Gasteiger partial charge is 0.385 e. The van der Waals surface area contributed by atoms with Crippen molar-refractivity contribution in [1.82, 2.24) is 0 Å². The summed E-state index contributed by atoms with van der Waals surface area (Å²) in [7, 11) is 0. The molecule has 0 saturated carbocycles. The van der Waals surface area contributed by atoms with Gasteiger partial charge in [0.15, 0.2) is 0 Å². The van der Waals surface area contributed by atoms with Gasteiger partial charge in [0, 0.05) is 10.9 Å². The highest BCUT2D eigenvalue weighted by Gasteiger charge is 2.28. The standard InChI is InChI=1S/C16H15BrCl2O/c1-2-16(20,12-6-4-7-13(17)9-12)10-11-5-3-8-14(18)15(11)19/h3-9,20H,2,10H2,1H3. The number of halogens is 3. The van der Waals surface area contributed by atoms with Gasteiger partial charge < -0.3 is 5.11 Å². The molecule has 2 rings (SSSR count). The first-order valence-electron chi connectivity index (χ1n) is 6.37. The lowest BCUT2D eigenvalue weighted by Crippen LogP contribution is -2.27. The molecule has 2 aromatic rings. The van der Waals surface area contributed by atoms with Crippen LogP contribution in [0.1, 0.15) is 24.5 Å². The van der Waals surface area contributed by atoms with Crippen molar-refractivity contribution in [3.05, 3.63) is 68.1 Å². The Kier molecular flexibility index (Phi) is 5.14. The van der Waals surface area contributed by atoms with E-state index in [-0.39, 0.29) is 0 Å². The van der Waals surface area contributed by atoms with Crippen molar-refractivity contribution in [1.29, 1.82) is 0 Å². The molecule has 0 aliphatic rings. The van der Waals surface area contributed by atoms with Gasteiger partial charge in [-0.15, -0.1) is 0 Å². The van der Waals surface area contributed by atoms with Crippen LogP contribution in [0.2, 0.25) is 10.0 Å². The maximum absolute atomic E-state index is 11.0.